The van der Waals surface area contributed by atoms with E-state index in [0.717, 1.165) is 11.1 Å². The molecule has 94 valence electrons. The third-order valence-corrected chi connectivity index (χ3v) is 4.05. The van der Waals surface area contributed by atoms with Crippen molar-refractivity contribution >= 4 is 21.5 Å². The van der Waals surface area contributed by atoms with E-state index in [1.54, 1.807) is 5.38 Å². The molecule has 18 heavy (non-hydrogen) atoms. The molecule has 3 nitrogen and oxygen atoms in total. The maximum Gasteiger partial charge on any atom is 0.312 e. The number of rotatable bonds is 5. The van der Waals surface area contributed by atoms with Crippen LogP contribution < -0.4 is 4.18 Å². The lowest BCUT2D eigenvalue weighted by atomic mass is 10.1. The standard InChI is InChI=1S/C13H12O3S2/c1-2-8-18(14,15)16-13-10-17-9-12(13)11-6-4-3-5-7-11/h2-7,9-10H,1,8H2. The number of hydrogen-bond donors (Lipinski definition) is 0. The van der Waals surface area contributed by atoms with E-state index in [9.17, 15) is 8.42 Å². The highest BCUT2D eigenvalue weighted by Crippen LogP contribution is 2.34. The van der Waals surface area contributed by atoms with Crippen LogP contribution in [-0.2, 0) is 10.1 Å². The zero-order chi connectivity index (χ0) is 13.0. The van der Waals surface area contributed by atoms with Crippen LogP contribution in [0.25, 0.3) is 11.1 Å². The molecule has 1 heterocycles. The topological polar surface area (TPSA) is 43.4 Å². The summed E-state index contributed by atoms with van der Waals surface area (Å²) >= 11 is 1.40. The molecule has 1 aromatic heterocycles. The minimum atomic E-state index is -3.60. The van der Waals surface area contributed by atoms with E-state index in [-0.39, 0.29) is 5.75 Å². The van der Waals surface area contributed by atoms with Crippen LogP contribution in [0.3, 0.4) is 0 Å². The van der Waals surface area contributed by atoms with Gasteiger partial charge in [-0.2, -0.15) is 8.42 Å². The summed E-state index contributed by atoms with van der Waals surface area (Å²) in [7, 11) is -3.60. The highest BCUT2D eigenvalue weighted by Gasteiger charge is 2.15. The zero-order valence-corrected chi connectivity index (χ0v) is 11.2. The molecule has 0 fully saturated rings. The molecule has 0 aliphatic carbocycles. The minimum absolute atomic E-state index is 0.197. The van der Waals surface area contributed by atoms with Crippen molar-refractivity contribution in [1.82, 2.24) is 0 Å². The quantitative estimate of drug-likeness (QED) is 0.623. The monoisotopic (exact) mass is 280 g/mol. The number of benzene rings is 1. The maximum atomic E-state index is 11.6. The van der Waals surface area contributed by atoms with E-state index in [2.05, 4.69) is 6.58 Å². The van der Waals surface area contributed by atoms with Gasteiger partial charge in [-0.3, -0.25) is 0 Å². The Labute approximate surface area is 110 Å². The summed E-state index contributed by atoms with van der Waals surface area (Å²) in [5, 5.41) is 3.55. The Hall–Kier alpha value is -1.59. The predicted molar refractivity (Wildman–Crippen MR) is 74.4 cm³/mol. The lowest BCUT2D eigenvalue weighted by Gasteiger charge is -2.06. The molecule has 0 aliphatic rings. The van der Waals surface area contributed by atoms with Gasteiger partial charge in [0.25, 0.3) is 0 Å². The van der Waals surface area contributed by atoms with Crippen LogP contribution in [0.5, 0.6) is 5.75 Å². The smallest absolute Gasteiger partial charge is 0.312 e. The molecule has 0 N–H and O–H groups in total. The van der Waals surface area contributed by atoms with E-state index in [1.807, 2.05) is 35.7 Å². The highest BCUT2D eigenvalue weighted by molar-refractivity contribution is 7.87. The van der Waals surface area contributed by atoms with Crippen LogP contribution in [0.4, 0.5) is 0 Å². The summed E-state index contributed by atoms with van der Waals surface area (Å²) in [6, 6.07) is 9.53. The van der Waals surface area contributed by atoms with Gasteiger partial charge < -0.3 is 4.18 Å². The minimum Gasteiger partial charge on any atom is -0.381 e. The molecule has 2 aromatic rings. The van der Waals surface area contributed by atoms with Crippen molar-refractivity contribution in [3.8, 4) is 16.9 Å². The Kier molecular flexibility index (Phi) is 3.84. The van der Waals surface area contributed by atoms with E-state index in [4.69, 9.17) is 4.18 Å². The molecule has 0 bridgehead atoms. The SMILES string of the molecule is C=CCS(=O)(=O)Oc1cscc1-c1ccccc1. The van der Waals surface area contributed by atoms with Crippen LogP contribution in [0, 0.1) is 0 Å². The molecule has 0 saturated heterocycles. The number of thiophene rings is 1. The molecule has 1 aromatic carbocycles. The van der Waals surface area contributed by atoms with Gasteiger partial charge in [-0.05, 0) is 5.56 Å². The summed E-state index contributed by atoms with van der Waals surface area (Å²) in [6.07, 6.45) is 1.31. The molecular formula is C13H12O3S2. The lowest BCUT2D eigenvalue weighted by molar-refractivity contribution is 0.491. The first kappa shape index (κ1) is 12.9. The van der Waals surface area contributed by atoms with Crippen molar-refractivity contribution in [2.75, 3.05) is 5.75 Å². The molecule has 0 saturated carbocycles. The van der Waals surface area contributed by atoms with E-state index in [1.165, 1.54) is 17.4 Å². The van der Waals surface area contributed by atoms with Gasteiger partial charge in [0.1, 0.15) is 5.75 Å². The normalized spacial score (nSPS) is 11.1. The molecule has 0 unspecified atom stereocenters. The molecule has 2 rings (SSSR count). The van der Waals surface area contributed by atoms with Crippen LogP contribution in [0.2, 0.25) is 0 Å². The molecule has 0 atom stereocenters. The van der Waals surface area contributed by atoms with E-state index in [0.29, 0.717) is 5.75 Å². The van der Waals surface area contributed by atoms with Crippen LogP contribution in [-0.4, -0.2) is 14.2 Å². The molecular weight excluding hydrogens is 268 g/mol. The first-order valence-corrected chi connectivity index (χ1v) is 7.79. The van der Waals surface area contributed by atoms with Crippen LogP contribution in [0.15, 0.2) is 53.7 Å². The van der Waals surface area contributed by atoms with Crippen LogP contribution >= 0.6 is 11.3 Å². The summed E-state index contributed by atoms with van der Waals surface area (Å²) in [4.78, 5) is 0. The van der Waals surface area contributed by atoms with Crippen LogP contribution in [0.1, 0.15) is 0 Å². The highest BCUT2D eigenvalue weighted by atomic mass is 32.2. The molecule has 0 aliphatic heterocycles. The van der Waals surface area contributed by atoms with Crippen molar-refractivity contribution < 1.29 is 12.6 Å². The van der Waals surface area contributed by atoms with Crippen molar-refractivity contribution in [3.63, 3.8) is 0 Å². The van der Waals surface area contributed by atoms with Crippen molar-refractivity contribution in [3.05, 3.63) is 53.7 Å². The second-order valence-electron chi connectivity index (χ2n) is 3.61. The van der Waals surface area contributed by atoms with E-state index >= 15 is 0 Å². The fourth-order valence-corrected chi connectivity index (χ4v) is 3.08. The fraction of sp³-hybridized carbons (Fsp3) is 0.0769. The third kappa shape index (κ3) is 3.00. The maximum absolute atomic E-state index is 11.6. The van der Waals surface area contributed by atoms with Gasteiger partial charge in [-0.1, -0.05) is 36.4 Å². The fourth-order valence-electron chi connectivity index (χ4n) is 1.49. The largest absolute Gasteiger partial charge is 0.381 e. The first-order chi connectivity index (χ1) is 8.62. The van der Waals surface area contributed by atoms with Gasteiger partial charge in [0.2, 0.25) is 0 Å². The average Bonchev–Trinajstić information content (AvgIpc) is 2.77. The van der Waals surface area contributed by atoms with Crippen molar-refractivity contribution in [2.24, 2.45) is 0 Å². The first-order valence-electron chi connectivity index (χ1n) is 5.27. The van der Waals surface area contributed by atoms with Crippen molar-refractivity contribution in [2.45, 2.75) is 0 Å². The van der Waals surface area contributed by atoms with Gasteiger partial charge in [-0.25, -0.2) is 0 Å². The van der Waals surface area contributed by atoms with Gasteiger partial charge >= 0.3 is 10.1 Å². The van der Waals surface area contributed by atoms with Gasteiger partial charge in [0, 0.05) is 16.3 Å². The van der Waals surface area contributed by atoms with Gasteiger partial charge in [0.15, 0.2) is 5.75 Å². The number of hydrogen-bond acceptors (Lipinski definition) is 4. The van der Waals surface area contributed by atoms with Crippen molar-refractivity contribution in [1.29, 1.82) is 0 Å². The summed E-state index contributed by atoms with van der Waals surface area (Å²) in [5.41, 5.74) is 1.72. The summed E-state index contributed by atoms with van der Waals surface area (Å²) in [6.45, 7) is 3.40. The lowest BCUT2D eigenvalue weighted by Crippen LogP contribution is -2.11. The Bertz CT molecular complexity index is 627. The van der Waals surface area contributed by atoms with Gasteiger partial charge in [0.05, 0.1) is 0 Å². The Balaban J connectivity index is 2.32. The second-order valence-corrected chi connectivity index (χ2v) is 5.97. The predicted octanol–water partition coefficient (Wildman–Crippen LogP) is 3.31. The average molecular weight is 280 g/mol. The van der Waals surface area contributed by atoms with E-state index < -0.39 is 10.1 Å². The molecule has 0 radical (unpaired) electrons. The molecule has 0 amide bonds. The third-order valence-electron chi connectivity index (χ3n) is 2.25. The second kappa shape index (κ2) is 5.37. The zero-order valence-electron chi connectivity index (χ0n) is 9.57. The molecule has 0 spiro atoms. The summed E-state index contributed by atoms with van der Waals surface area (Å²) in [5.74, 6) is 0.171. The Morgan fingerprint density at radius 1 is 1.22 bits per heavy atom. The molecule has 5 heteroatoms. The van der Waals surface area contributed by atoms with Gasteiger partial charge in [-0.15, -0.1) is 17.9 Å². The Morgan fingerprint density at radius 2 is 1.94 bits per heavy atom. The summed E-state index contributed by atoms with van der Waals surface area (Å²) < 4.78 is 28.3. The Morgan fingerprint density at radius 3 is 2.61 bits per heavy atom.